The number of aromatic nitrogens is 2. The second-order valence-corrected chi connectivity index (χ2v) is 7.06. The zero-order valence-corrected chi connectivity index (χ0v) is 15.3. The lowest BCUT2D eigenvalue weighted by molar-refractivity contribution is -0.141. The van der Waals surface area contributed by atoms with Crippen molar-refractivity contribution in [3.8, 4) is 0 Å². The summed E-state index contributed by atoms with van der Waals surface area (Å²) in [5.41, 5.74) is 1.37. The standard InChI is InChI=1S/C18H20ClF3N4/c1-10-7-12(19)8-11(2)16(10)25-15-9-14(18(20,21)22)24-17(26-15)23-13-5-3-4-6-13/h7-9,13H,3-6H2,1-2H3,(H2,23,24,25,26). The lowest BCUT2D eigenvalue weighted by Crippen LogP contribution is -2.19. The number of alkyl halides is 3. The van der Waals surface area contributed by atoms with Crippen molar-refractivity contribution in [1.82, 2.24) is 9.97 Å². The Balaban J connectivity index is 1.95. The number of hydrogen-bond donors (Lipinski definition) is 2. The van der Waals surface area contributed by atoms with Crippen LogP contribution in [0.4, 0.5) is 30.6 Å². The minimum Gasteiger partial charge on any atom is -0.351 e. The molecule has 0 aliphatic heterocycles. The van der Waals surface area contributed by atoms with Gasteiger partial charge in [-0.15, -0.1) is 0 Å². The van der Waals surface area contributed by atoms with Crippen LogP contribution in [0.25, 0.3) is 0 Å². The monoisotopic (exact) mass is 384 g/mol. The van der Waals surface area contributed by atoms with Crippen molar-refractivity contribution in [2.75, 3.05) is 10.6 Å². The lowest BCUT2D eigenvalue weighted by Gasteiger charge is -2.17. The Hall–Kier alpha value is -2.02. The van der Waals surface area contributed by atoms with Crippen LogP contribution >= 0.6 is 11.6 Å². The van der Waals surface area contributed by atoms with Gasteiger partial charge in [-0.05, 0) is 49.9 Å². The molecule has 0 radical (unpaired) electrons. The van der Waals surface area contributed by atoms with E-state index in [1.165, 1.54) is 0 Å². The van der Waals surface area contributed by atoms with Crippen LogP contribution in [-0.4, -0.2) is 16.0 Å². The molecule has 140 valence electrons. The van der Waals surface area contributed by atoms with Crippen molar-refractivity contribution in [2.24, 2.45) is 0 Å². The van der Waals surface area contributed by atoms with E-state index in [1.54, 1.807) is 12.1 Å². The molecule has 0 saturated heterocycles. The number of anilines is 3. The molecule has 0 unspecified atom stereocenters. The Morgan fingerprint density at radius 1 is 1.04 bits per heavy atom. The highest BCUT2D eigenvalue weighted by atomic mass is 35.5. The molecular formula is C18H20ClF3N4. The maximum absolute atomic E-state index is 13.2. The topological polar surface area (TPSA) is 49.8 Å². The van der Waals surface area contributed by atoms with Gasteiger partial charge >= 0.3 is 6.18 Å². The van der Waals surface area contributed by atoms with Crippen LogP contribution in [0.2, 0.25) is 5.02 Å². The van der Waals surface area contributed by atoms with Crippen molar-refractivity contribution in [3.05, 3.63) is 40.0 Å². The van der Waals surface area contributed by atoms with Crippen LogP contribution in [0.1, 0.15) is 42.5 Å². The first-order valence-corrected chi connectivity index (χ1v) is 8.87. The summed E-state index contributed by atoms with van der Waals surface area (Å²) < 4.78 is 39.7. The van der Waals surface area contributed by atoms with Gasteiger partial charge in [0.05, 0.1) is 0 Å². The van der Waals surface area contributed by atoms with Gasteiger partial charge in [0.2, 0.25) is 5.95 Å². The second kappa shape index (κ2) is 7.31. The minimum atomic E-state index is -4.55. The molecule has 3 rings (SSSR count). The Kier molecular flexibility index (Phi) is 5.27. The van der Waals surface area contributed by atoms with E-state index in [0.717, 1.165) is 42.9 Å². The van der Waals surface area contributed by atoms with Crippen LogP contribution in [0, 0.1) is 13.8 Å². The highest BCUT2D eigenvalue weighted by molar-refractivity contribution is 6.30. The quantitative estimate of drug-likeness (QED) is 0.692. The largest absolute Gasteiger partial charge is 0.433 e. The molecule has 1 aliphatic carbocycles. The van der Waals surface area contributed by atoms with Gasteiger partial charge in [0.25, 0.3) is 0 Å². The summed E-state index contributed by atoms with van der Waals surface area (Å²) in [7, 11) is 0. The molecule has 2 aromatic rings. The van der Waals surface area contributed by atoms with Crippen molar-refractivity contribution < 1.29 is 13.2 Å². The summed E-state index contributed by atoms with van der Waals surface area (Å²) in [6.07, 6.45) is -0.596. The molecule has 0 amide bonds. The van der Waals surface area contributed by atoms with Crippen molar-refractivity contribution in [1.29, 1.82) is 0 Å². The summed E-state index contributed by atoms with van der Waals surface area (Å²) in [4.78, 5) is 7.90. The number of nitrogens with one attached hydrogen (secondary N) is 2. The molecule has 1 saturated carbocycles. The SMILES string of the molecule is Cc1cc(Cl)cc(C)c1Nc1cc(C(F)(F)F)nc(NC2CCCC2)n1. The zero-order chi connectivity index (χ0) is 18.9. The van der Waals surface area contributed by atoms with Crippen LogP contribution in [0.5, 0.6) is 0 Å². The first-order chi connectivity index (χ1) is 12.2. The van der Waals surface area contributed by atoms with Gasteiger partial charge in [-0.25, -0.2) is 4.98 Å². The molecule has 8 heteroatoms. The molecule has 1 fully saturated rings. The Morgan fingerprint density at radius 3 is 2.23 bits per heavy atom. The summed E-state index contributed by atoms with van der Waals surface area (Å²) in [6, 6.07) is 4.54. The third-order valence-electron chi connectivity index (χ3n) is 4.46. The van der Waals surface area contributed by atoms with Crippen molar-refractivity contribution in [3.63, 3.8) is 0 Å². The Labute approximate surface area is 155 Å². The molecule has 1 heterocycles. The van der Waals surface area contributed by atoms with E-state index < -0.39 is 11.9 Å². The third-order valence-corrected chi connectivity index (χ3v) is 4.67. The Morgan fingerprint density at radius 2 is 1.65 bits per heavy atom. The van der Waals surface area contributed by atoms with E-state index in [9.17, 15) is 13.2 Å². The molecule has 26 heavy (non-hydrogen) atoms. The second-order valence-electron chi connectivity index (χ2n) is 6.63. The fourth-order valence-electron chi connectivity index (χ4n) is 3.21. The number of benzene rings is 1. The fourth-order valence-corrected chi connectivity index (χ4v) is 3.54. The Bertz CT molecular complexity index is 779. The highest BCUT2D eigenvalue weighted by Gasteiger charge is 2.34. The van der Waals surface area contributed by atoms with Gasteiger partial charge in [0.1, 0.15) is 5.82 Å². The van der Waals surface area contributed by atoms with E-state index in [2.05, 4.69) is 20.6 Å². The van der Waals surface area contributed by atoms with Crippen LogP contribution in [-0.2, 0) is 6.18 Å². The summed E-state index contributed by atoms with van der Waals surface area (Å²) >= 11 is 6.02. The molecule has 1 aromatic carbocycles. The normalized spacial score (nSPS) is 15.3. The summed E-state index contributed by atoms with van der Waals surface area (Å²) in [6.45, 7) is 3.68. The van der Waals surface area contributed by atoms with Crippen molar-refractivity contribution in [2.45, 2.75) is 51.7 Å². The number of halogens is 4. The average Bonchev–Trinajstić information content (AvgIpc) is 3.02. The molecular weight excluding hydrogens is 365 g/mol. The maximum Gasteiger partial charge on any atom is 0.433 e. The van der Waals surface area contributed by atoms with Gasteiger partial charge in [-0.3, -0.25) is 0 Å². The summed E-state index contributed by atoms with van der Waals surface area (Å²) in [5.74, 6) is 0.0971. The van der Waals surface area contributed by atoms with Crippen LogP contribution in [0.15, 0.2) is 18.2 Å². The number of nitrogens with zero attached hydrogens (tertiary/aromatic N) is 2. The first kappa shape index (κ1) is 18.8. The van der Waals surface area contributed by atoms with E-state index in [0.29, 0.717) is 10.7 Å². The molecule has 4 nitrogen and oxygen atoms in total. The summed E-state index contributed by atoms with van der Waals surface area (Å²) in [5, 5.41) is 6.61. The highest BCUT2D eigenvalue weighted by Crippen LogP contribution is 2.33. The molecule has 0 atom stereocenters. The number of hydrogen-bond acceptors (Lipinski definition) is 4. The van der Waals surface area contributed by atoms with Gasteiger partial charge < -0.3 is 10.6 Å². The van der Waals surface area contributed by atoms with Gasteiger partial charge in [0, 0.05) is 22.8 Å². The van der Waals surface area contributed by atoms with E-state index in [4.69, 9.17) is 11.6 Å². The van der Waals surface area contributed by atoms with Gasteiger partial charge in [-0.1, -0.05) is 24.4 Å². The predicted octanol–water partition coefficient (Wildman–Crippen LogP) is 5.86. The number of rotatable bonds is 4. The molecule has 1 aromatic heterocycles. The minimum absolute atomic E-state index is 0.00139. The first-order valence-electron chi connectivity index (χ1n) is 8.49. The smallest absolute Gasteiger partial charge is 0.351 e. The molecule has 0 bridgehead atoms. The predicted molar refractivity (Wildman–Crippen MR) is 97.1 cm³/mol. The zero-order valence-electron chi connectivity index (χ0n) is 14.5. The van der Waals surface area contributed by atoms with Crippen LogP contribution in [0.3, 0.4) is 0 Å². The van der Waals surface area contributed by atoms with E-state index in [-0.39, 0.29) is 17.8 Å². The number of aryl methyl sites for hydroxylation is 2. The molecule has 1 aliphatic rings. The lowest BCUT2D eigenvalue weighted by atomic mass is 10.1. The molecule has 0 spiro atoms. The van der Waals surface area contributed by atoms with Crippen molar-refractivity contribution >= 4 is 29.1 Å². The van der Waals surface area contributed by atoms with E-state index >= 15 is 0 Å². The fraction of sp³-hybridized carbons (Fsp3) is 0.444. The maximum atomic E-state index is 13.2. The van der Waals surface area contributed by atoms with Crippen LogP contribution < -0.4 is 10.6 Å². The third kappa shape index (κ3) is 4.38. The van der Waals surface area contributed by atoms with E-state index in [1.807, 2.05) is 13.8 Å². The average molecular weight is 385 g/mol. The molecule has 2 N–H and O–H groups in total. The van der Waals surface area contributed by atoms with Gasteiger partial charge in [0.15, 0.2) is 5.69 Å². The van der Waals surface area contributed by atoms with Gasteiger partial charge in [-0.2, -0.15) is 18.2 Å².